The zero-order valence-electron chi connectivity index (χ0n) is 11.9. The molecule has 4 nitrogen and oxygen atoms in total. The highest BCUT2D eigenvalue weighted by atomic mass is 19.4. The van der Waals surface area contributed by atoms with E-state index in [0.717, 1.165) is 12.1 Å². The predicted molar refractivity (Wildman–Crippen MR) is 72.8 cm³/mol. The Kier molecular flexibility index (Phi) is 4.41. The molecule has 1 unspecified atom stereocenters. The molecule has 0 saturated carbocycles. The summed E-state index contributed by atoms with van der Waals surface area (Å²) in [5.41, 5.74) is -0.153. The van der Waals surface area contributed by atoms with Gasteiger partial charge < -0.3 is 15.1 Å². The topological polar surface area (TPSA) is 35.6 Å². The Labute approximate surface area is 121 Å². The van der Waals surface area contributed by atoms with Crippen molar-refractivity contribution in [2.24, 2.45) is 0 Å². The lowest BCUT2D eigenvalue weighted by atomic mass is 10.0. The number of carbonyl (C=O) groups is 1. The van der Waals surface area contributed by atoms with E-state index in [-0.39, 0.29) is 12.1 Å². The smallest absolute Gasteiger partial charge is 0.326 e. The number of alkyl halides is 3. The van der Waals surface area contributed by atoms with Gasteiger partial charge in [-0.05, 0) is 24.7 Å². The second-order valence-electron chi connectivity index (χ2n) is 5.11. The fourth-order valence-electron chi connectivity index (χ4n) is 2.39. The molecule has 1 aliphatic heterocycles. The van der Waals surface area contributed by atoms with E-state index in [1.54, 1.807) is 30.0 Å². The number of rotatable bonds is 4. The van der Waals surface area contributed by atoms with E-state index in [1.807, 2.05) is 0 Å². The molecular formula is C14H18F3N3O. The van der Waals surface area contributed by atoms with Crippen molar-refractivity contribution in [2.75, 3.05) is 33.7 Å². The van der Waals surface area contributed by atoms with Crippen LogP contribution < -0.4 is 5.32 Å². The number of likely N-dealkylation sites (N-methyl/N-ethyl adjacent to an activating group) is 2. The van der Waals surface area contributed by atoms with E-state index >= 15 is 0 Å². The van der Waals surface area contributed by atoms with Gasteiger partial charge in [-0.2, -0.15) is 13.2 Å². The van der Waals surface area contributed by atoms with E-state index in [9.17, 15) is 18.0 Å². The summed E-state index contributed by atoms with van der Waals surface area (Å²) >= 11 is 0. The monoisotopic (exact) mass is 301 g/mol. The van der Waals surface area contributed by atoms with Crippen molar-refractivity contribution >= 4 is 6.03 Å². The fraction of sp³-hybridized carbons (Fsp3) is 0.500. The molecule has 7 heteroatoms. The van der Waals surface area contributed by atoms with E-state index in [0.29, 0.717) is 25.2 Å². The zero-order chi connectivity index (χ0) is 15.6. The van der Waals surface area contributed by atoms with Crippen LogP contribution in [0.1, 0.15) is 17.2 Å². The molecule has 1 heterocycles. The van der Waals surface area contributed by atoms with Crippen molar-refractivity contribution in [3.05, 3.63) is 35.4 Å². The summed E-state index contributed by atoms with van der Waals surface area (Å²) in [6.07, 6.45) is -4.36. The van der Waals surface area contributed by atoms with Crippen LogP contribution in [-0.4, -0.2) is 49.6 Å². The molecule has 2 rings (SSSR count). The maximum absolute atomic E-state index is 12.8. The van der Waals surface area contributed by atoms with Crippen LogP contribution in [0.25, 0.3) is 0 Å². The summed E-state index contributed by atoms with van der Waals surface area (Å²) < 4.78 is 38.3. The van der Waals surface area contributed by atoms with E-state index in [2.05, 4.69) is 5.32 Å². The van der Waals surface area contributed by atoms with Gasteiger partial charge in [-0.15, -0.1) is 0 Å². The first kappa shape index (κ1) is 15.6. The van der Waals surface area contributed by atoms with Gasteiger partial charge in [0, 0.05) is 32.7 Å². The summed E-state index contributed by atoms with van der Waals surface area (Å²) in [6, 6.07) is 4.78. The number of nitrogens with zero attached hydrogens (tertiary/aromatic N) is 2. The van der Waals surface area contributed by atoms with Gasteiger partial charge in [-0.25, -0.2) is 4.79 Å². The van der Waals surface area contributed by atoms with Crippen molar-refractivity contribution < 1.29 is 18.0 Å². The highest BCUT2D eigenvalue weighted by molar-refractivity contribution is 5.76. The molecule has 0 aliphatic carbocycles. The highest BCUT2D eigenvalue weighted by Crippen LogP contribution is 2.31. The maximum atomic E-state index is 12.8. The number of hydrogen-bond donors (Lipinski definition) is 1. The lowest BCUT2D eigenvalue weighted by Gasteiger charge is -2.24. The van der Waals surface area contributed by atoms with Crippen LogP contribution in [0.5, 0.6) is 0 Å². The number of amides is 2. The Morgan fingerprint density at radius 2 is 2.05 bits per heavy atom. The molecular weight excluding hydrogens is 283 g/mol. The molecule has 1 saturated heterocycles. The molecule has 0 spiro atoms. The number of halogens is 3. The van der Waals surface area contributed by atoms with E-state index in [1.165, 1.54) is 6.07 Å². The summed E-state index contributed by atoms with van der Waals surface area (Å²) in [5, 5.41) is 2.98. The first-order valence-corrected chi connectivity index (χ1v) is 6.67. The number of urea groups is 1. The van der Waals surface area contributed by atoms with Gasteiger partial charge in [0.05, 0.1) is 5.56 Å². The number of benzene rings is 1. The molecule has 116 valence electrons. The van der Waals surface area contributed by atoms with Gasteiger partial charge >= 0.3 is 12.2 Å². The molecule has 1 fully saturated rings. The Balaban J connectivity index is 2.16. The number of hydrogen-bond acceptors (Lipinski definition) is 2. The van der Waals surface area contributed by atoms with E-state index in [4.69, 9.17) is 0 Å². The second kappa shape index (κ2) is 5.93. The average molecular weight is 301 g/mol. The molecule has 0 bridgehead atoms. The molecule has 21 heavy (non-hydrogen) atoms. The van der Waals surface area contributed by atoms with Gasteiger partial charge in [0.1, 0.15) is 0 Å². The minimum atomic E-state index is -4.36. The quantitative estimate of drug-likeness (QED) is 0.926. The minimum Gasteiger partial charge on any atom is -0.326 e. The van der Waals surface area contributed by atoms with Gasteiger partial charge in [-0.1, -0.05) is 12.1 Å². The summed E-state index contributed by atoms with van der Waals surface area (Å²) in [6.45, 7) is 1.57. The van der Waals surface area contributed by atoms with Crippen LogP contribution >= 0.6 is 0 Å². The van der Waals surface area contributed by atoms with Crippen molar-refractivity contribution in [2.45, 2.75) is 12.2 Å². The van der Waals surface area contributed by atoms with Crippen molar-refractivity contribution in [1.29, 1.82) is 0 Å². The molecule has 2 amide bonds. The van der Waals surface area contributed by atoms with Crippen LogP contribution in [-0.2, 0) is 6.18 Å². The zero-order valence-corrected chi connectivity index (χ0v) is 11.9. The SMILES string of the molecule is CNC(CN1CCN(C)C1=O)c1cccc(C(F)(F)F)c1. The lowest BCUT2D eigenvalue weighted by Crippen LogP contribution is -2.36. The number of carbonyl (C=O) groups excluding carboxylic acids is 1. The maximum Gasteiger partial charge on any atom is 0.416 e. The van der Waals surface area contributed by atoms with Crippen LogP contribution in [0, 0.1) is 0 Å². The largest absolute Gasteiger partial charge is 0.416 e. The first-order chi connectivity index (χ1) is 9.82. The lowest BCUT2D eigenvalue weighted by molar-refractivity contribution is -0.137. The van der Waals surface area contributed by atoms with Gasteiger partial charge in [0.2, 0.25) is 0 Å². The van der Waals surface area contributed by atoms with Crippen molar-refractivity contribution in [3.63, 3.8) is 0 Å². The Morgan fingerprint density at radius 3 is 2.57 bits per heavy atom. The van der Waals surface area contributed by atoms with Crippen molar-refractivity contribution in [3.8, 4) is 0 Å². The van der Waals surface area contributed by atoms with Crippen LogP contribution in [0.15, 0.2) is 24.3 Å². The van der Waals surface area contributed by atoms with Gasteiger partial charge in [-0.3, -0.25) is 0 Å². The van der Waals surface area contributed by atoms with Crippen LogP contribution in [0.3, 0.4) is 0 Å². The molecule has 1 aromatic rings. The third kappa shape index (κ3) is 3.47. The standard InChI is InChI=1S/C14H18F3N3O/c1-18-12(9-20-7-6-19(2)13(20)21)10-4-3-5-11(8-10)14(15,16)17/h3-5,8,12,18H,6-7,9H2,1-2H3. The fourth-order valence-corrected chi connectivity index (χ4v) is 2.39. The summed E-state index contributed by atoms with van der Waals surface area (Å²) in [7, 11) is 3.39. The summed E-state index contributed by atoms with van der Waals surface area (Å²) in [4.78, 5) is 15.1. The van der Waals surface area contributed by atoms with Gasteiger partial charge in [0.15, 0.2) is 0 Å². The molecule has 1 aliphatic rings. The molecule has 1 atom stereocenters. The average Bonchev–Trinajstić information content (AvgIpc) is 2.75. The second-order valence-corrected chi connectivity index (χ2v) is 5.11. The third-order valence-corrected chi connectivity index (χ3v) is 3.67. The van der Waals surface area contributed by atoms with E-state index < -0.39 is 11.7 Å². The van der Waals surface area contributed by atoms with Crippen LogP contribution in [0.2, 0.25) is 0 Å². The Hall–Kier alpha value is -1.76. The van der Waals surface area contributed by atoms with Crippen molar-refractivity contribution in [1.82, 2.24) is 15.1 Å². The Bertz CT molecular complexity index is 518. The molecule has 0 radical (unpaired) electrons. The highest BCUT2D eigenvalue weighted by Gasteiger charge is 2.32. The predicted octanol–water partition coefficient (Wildman–Crippen LogP) is 2.33. The summed E-state index contributed by atoms with van der Waals surface area (Å²) in [5.74, 6) is 0. The molecule has 1 aromatic carbocycles. The third-order valence-electron chi connectivity index (χ3n) is 3.67. The first-order valence-electron chi connectivity index (χ1n) is 6.67. The molecule has 1 N–H and O–H groups in total. The number of nitrogens with one attached hydrogen (secondary N) is 1. The van der Waals surface area contributed by atoms with Gasteiger partial charge in [0.25, 0.3) is 0 Å². The van der Waals surface area contributed by atoms with Crippen LogP contribution in [0.4, 0.5) is 18.0 Å². The normalized spacial score (nSPS) is 17.5. The Morgan fingerprint density at radius 1 is 1.33 bits per heavy atom. The molecule has 0 aromatic heterocycles. The minimum absolute atomic E-state index is 0.0952.